The Hall–Kier alpha value is -2.72. The van der Waals surface area contributed by atoms with Crippen molar-refractivity contribution < 1.29 is 0 Å². The molecule has 0 aliphatic heterocycles. The monoisotopic (exact) mass is 375 g/mol. The molecule has 4 heteroatoms. The Morgan fingerprint density at radius 2 is 1.59 bits per heavy atom. The molecule has 1 heterocycles. The second kappa shape index (κ2) is 8.78. The molecule has 0 saturated heterocycles. The minimum atomic E-state index is 0.658. The van der Waals surface area contributed by atoms with E-state index < -0.39 is 0 Å². The zero-order chi connectivity index (χ0) is 19.2. The second-order valence-electron chi connectivity index (χ2n) is 6.97. The highest BCUT2D eigenvalue weighted by molar-refractivity contribution is 7.80. The van der Waals surface area contributed by atoms with Gasteiger partial charge in [-0.2, -0.15) is 0 Å². The molecule has 3 aromatic rings. The summed E-state index contributed by atoms with van der Waals surface area (Å²) in [5.74, 6) is 0. The van der Waals surface area contributed by atoms with Crippen LogP contribution in [0, 0.1) is 20.8 Å². The zero-order valence-corrected chi connectivity index (χ0v) is 16.9. The molecule has 0 spiro atoms. The number of nitrogens with one attached hydrogen (secondary N) is 1. The lowest BCUT2D eigenvalue weighted by molar-refractivity contribution is 0.407. The van der Waals surface area contributed by atoms with Crippen molar-refractivity contribution in [3.05, 3.63) is 94.8 Å². The van der Waals surface area contributed by atoms with Gasteiger partial charge in [0.05, 0.1) is 12.2 Å². The molecular weight excluding hydrogens is 350 g/mol. The van der Waals surface area contributed by atoms with Gasteiger partial charge in [-0.05, 0) is 73.9 Å². The minimum absolute atomic E-state index is 0.658. The van der Waals surface area contributed by atoms with E-state index in [2.05, 4.69) is 78.4 Å². The van der Waals surface area contributed by atoms with Gasteiger partial charge in [-0.1, -0.05) is 42.0 Å². The average Bonchev–Trinajstić information content (AvgIpc) is 2.63. The van der Waals surface area contributed by atoms with Crippen LogP contribution < -0.4 is 5.32 Å². The van der Waals surface area contributed by atoms with Gasteiger partial charge >= 0.3 is 0 Å². The fraction of sp³-hybridized carbons (Fsp3) is 0.217. The smallest absolute Gasteiger partial charge is 0.174 e. The SMILES string of the molecule is Cc1ccc(CN(Cc2ccccn2)C(=S)Nc2cc(C)cc(C)c2)cc1. The van der Waals surface area contributed by atoms with Gasteiger partial charge in [0.15, 0.2) is 5.11 Å². The van der Waals surface area contributed by atoms with E-state index in [1.165, 1.54) is 22.3 Å². The largest absolute Gasteiger partial charge is 0.339 e. The maximum atomic E-state index is 5.76. The van der Waals surface area contributed by atoms with Crippen LogP contribution in [0.25, 0.3) is 0 Å². The van der Waals surface area contributed by atoms with Gasteiger partial charge in [-0.3, -0.25) is 4.98 Å². The lowest BCUT2D eigenvalue weighted by Crippen LogP contribution is -2.34. The summed E-state index contributed by atoms with van der Waals surface area (Å²) in [5.41, 5.74) is 6.93. The molecule has 3 rings (SSSR count). The van der Waals surface area contributed by atoms with Crippen molar-refractivity contribution in [1.29, 1.82) is 0 Å². The third-order valence-corrected chi connectivity index (χ3v) is 4.69. The van der Waals surface area contributed by atoms with Crippen molar-refractivity contribution in [3.63, 3.8) is 0 Å². The number of anilines is 1. The molecule has 0 radical (unpaired) electrons. The van der Waals surface area contributed by atoms with E-state index in [0.717, 1.165) is 17.9 Å². The Kier molecular flexibility index (Phi) is 6.20. The predicted octanol–water partition coefficient (Wildman–Crippen LogP) is 5.41. The van der Waals surface area contributed by atoms with Crippen molar-refractivity contribution in [2.45, 2.75) is 33.9 Å². The summed E-state index contributed by atoms with van der Waals surface area (Å²) in [7, 11) is 0. The van der Waals surface area contributed by atoms with Gasteiger partial charge in [-0.15, -0.1) is 0 Å². The summed E-state index contributed by atoms with van der Waals surface area (Å²) in [6.45, 7) is 7.68. The molecule has 0 aliphatic carbocycles. The van der Waals surface area contributed by atoms with Gasteiger partial charge in [0.1, 0.15) is 0 Å². The summed E-state index contributed by atoms with van der Waals surface area (Å²) in [4.78, 5) is 6.62. The number of rotatable bonds is 5. The van der Waals surface area contributed by atoms with Gasteiger partial charge in [-0.25, -0.2) is 0 Å². The number of benzene rings is 2. The number of nitrogens with zero attached hydrogens (tertiary/aromatic N) is 2. The molecule has 0 fully saturated rings. The van der Waals surface area contributed by atoms with E-state index in [4.69, 9.17) is 12.2 Å². The topological polar surface area (TPSA) is 28.2 Å². The zero-order valence-electron chi connectivity index (χ0n) is 16.1. The van der Waals surface area contributed by atoms with Crippen molar-refractivity contribution in [3.8, 4) is 0 Å². The van der Waals surface area contributed by atoms with E-state index in [9.17, 15) is 0 Å². The normalized spacial score (nSPS) is 10.5. The van der Waals surface area contributed by atoms with Gasteiger partial charge in [0.25, 0.3) is 0 Å². The van der Waals surface area contributed by atoms with Gasteiger partial charge < -0.3 is 10.2 Å². The van der Waals surface area contributed by atoms with E-state index >= 15 is 0 Å². The molecule has 0 aliphatic rings. The van der Waals surface area contributed by atoms with Crippen molar-refractivity contribution >= 4 is 23.0 Å². The Labute approximate surface area is 167 Å². The molecule has 2 aromatic carbocycles. The molecule has 1 aromatic heterocycles. The third kappa shape index (κ3) is 5.63. The molecule has 0 unspecified atom stereocenters. The van der Waals surface area contributed by atoms with E-state index in [0.29, 0.717) is 11.7 Å². The number of aromatic nitrogens is 1. The Balaban J connectivity index is 1.80. The quantitative estimate of drug-likeness (QED) is 0.604. The first-order valence-corrected chi connectivity index (χ1v) is 9.50. The van der Waals surface area contributed by atoms with Gasteiger partial charge in [0, 0.05) is 18.4 Å². The predicted molar refractivity (Wildman–Crippen MR) is 117 cm³/mol. The highest BCUT2D eigenvalue weighted by Crippen LogP contribution is 2.17. The number of aryl methyl sites for hydroxylation is 3. The first-order chi connectivity index (χ1) is 13.0. The molecule has 138 valence electrons. The maximum absolute atomic E-state index is 5.76. The Morgan fingerprint density at radius 1 is 0.889 bits per heavy atom. The summed E-state index contributed by atoms with van der Waals surface area (Å²) in [6.07, 6.45) is 1.82. The summed E-state index contributed by atoms with van der Waals surface area (Å²) < 4.78 is 0. The van der Waals surface area contributed by atoms with Crippen LogP contribution in [0.4, 0.5) is 5.69 Å². The number of thiocarbonyl (C=S) groups is 1. The van der Waals surface area contributed by atoms with Gasteiger partial charge in [0.2, 0.25) is 0 Å². The third-order valence-electron chi connectivity index (χ3n) is 4.33. The first-order valence-electron chi connectivity index (χ1n) is 9.09. The Bertz CT molecular complexity index is 884. The molecule has 0 bridgehead atoms. The van der Waals surface area contributed by atoms with Crippen LogP contribution >= 0.6 is 12.2 Å². The number of hydrogen-bond acceptors (Lipinski definition) is 2. The van der Waals surface area contributed by atoms with Crippen molar-refractivity contribution in [1.82, 2.24) is 9.88 Å². The van der Waals surface area contributed by atoms with Crippen LogP contribution in [-0.2, 0) is 13.1 Å². The average molecular weight is 376 g/mol. The van der Waals surface area contributed by atoms with E-state index in [-0.39, 0.29) is 0 Å². The molecule has 1 N–H and O–H groups in total. The molecular formula is C23H25N3S. The molecule has 0 atom stereocenters. The standard InChI is InChI=1S/C23H25N3S/c1-17-7-9-20(10-8-17)15-26(16-21-6-4-5-11-24-21)23(27)25-22-13-18(2)12-19(3)14-22/h4-14H,15-16H2,1-3H3,(H,25,27). The number of hydrogen-bond donors (Lipinski definition) is 1. The lowest BCUT2D eigenvalue weighted by Gasteiger charge is -2.26. The van der Waals surface area contributed by atoms with Crippen LogP contribution in [0.5, 0.6) is 0 Å². The summed E-state index contributed by atoms with van der Waals surface area (Å²) in [5, 5.41) is 4.11. The summed E-state index contributed by atoms with van der Waals surface area (Å²) >= 11 is 5.76. The highest BCUT2D eigenvalue weighted by atomic mass is 32.1. The van der Waals surface area contributed by atoms with E-state index in [1.54, 1.807) is 0 Å². The van der Waals surface area contributed by atoms with Crippen LogP contribution in [0.2, 0.25) is 0 Å². The molecule has 27 heavy (non-hydrogen) atoms. The highest BCUT2D eigenvalue weighted by Gasteiger charge is 2.13. The summed E-state index contributed by atoms with van der Waals surface area (Å²) in [6, 6.07) is 20.9. The van der Waals surface area contributed by atoms with Crippen LogP contribution in [0.1, 0.15) is 27.9 Å². The van der Waals surface area contributed by atoms with Crippen LogP contribution in [0.15, 0.2) is 66.9 Å². The molecule has 0 saturated carbocycles. The fourth-order valence-corrected chi connectivity index (χ4v) is 3.30. The number of pyridine rings is 1. The second-order valence-corrected chi connectivity index (χ2v) is 7.36. The maximum Gasteiger partial charge on any atom is 0.174 e. The van der Waals surface area contributed by atoms with Crippen LogP contribution in [0.3, 0.4) is 0 Å². The van der Waals surface area contributed by atoms with Crippen molar-refractivity contribution in [2.75, 3.05) is 5.32 Å². The molecule has 0 amide bonds. The Morgan fingerprint density at radius 3 is 2.22 bits per heavy atom. The van der Waals surface area contributed by atoms with E-state index in [1.807, 2.05) is 24.4 Å². The first kappa shape index (κ1) is 19.1. The lowest BCUT2D eigenvalue weighted by atomic mass is 10.1. The fourth-order valence-electron chi connectivity index (χ4n) is 3.05. The minimum Gasteiger partial charge on any atom is -0.339 e. The van der Waals surface area contributed by atoms with Crippen LogP contribution in [-0.4, -0.2) is 15.0 Å². The van der Waals surface area contributed by atoms with Crippen molar-refractivity contribution in [2.24, 2.45) is 0 Å². The molecule has 3 nitrogen and oxygen atoms in total.